The highest BCUT2D eigenvalue weighted by atomic mass is 16.6. The molecule has 0 atom stereocenters. The number of para-hydroxylation sites is 1. The van der Waals surface area contributed by atoms with Crippen molar-refractivity contribution >= 4 is 11.4 Å². The highest BCUT2D eigenvalue weighted by molar-refractivity contribution is 5.68. The second-order valence-electron chi connectivity index (χ2n) is 3.47. The molecule has 0 unspecified atom stereocenters. The minimum absolute atomic E-state index is 0.0565. The lowest BCUT2D eigenvalue weighted by Gasteiger charge is -2.08. The third kappa shape index (κ3) is 3.60. The van der Waals surface area contributed by atoms with Gasteiger partial charge < -0.3 is 15.2 Å². The number of nitro benzene ring substituents is 1. The van der Waals surface area contributed by atoms with Gasteiger partial charge in [-0.15, -0.1) is 0 Å². The zero-order chi connectivity index (χ0) is 12.7. The average molecular weight is 240 g/mol. The summed E-state index contributed by atoms with van der Waals surface area (Å²) in [4.78, 5) is 10.5. The van der Waals surface area contributed by atoms with E-state index in [0.29, 0.717) is 18.7 Å². The molecule has 1 rings (SSSR count). The molecule has 94 valence electrons. The van der Waals surface area contributed by atoms with E-state index in [0.717, 1.165) is 6.42 Å². The van der Waals surface area contributed by atoms with Gasteiger partial charge in [0.15, 0.2) is 5.75 Å². The number of rotatable bonds is 7. The first-order valence-electron chi connectivity index (χ1n) is 5.36. The molecule has 0 heterocycles. The summed E-state index contributed by atoms with van der Waals surface area (Å²) in [6, 6.07) is 4.89. The summed E-state index contributed by atoms with van der Waals surface area (Å²) in [5.41, 5.74) is 0.381. The number of nitrogens with zero attached hydrogens (tertiary/aromatic N) is 1. The summed E-state index contributed by atoms with van der Waals surface area (Å²) >= 11 is 0. The van der Waals surface area contributed by atoms with E-state index in [4.69, 9.17) is 9.84 Å². The van der Waals surface area contributed by atoms with Crippen LogP contribution in [-0.4, -0.2) is 30.3 Å². The van der Waals surface area contributed by atoms with Crippen LogP contribution in [0.3, 0.4) is 0 Å². The van der Waals surface area contributed by atoms with Crippen molar-refractivity contribution in [3.8, 4) is 5.75 Å². The van der Waals surface area contributed by atoms with Crippen LogP contribution in [-0.2, 0) is 0 Å². The zero-order valence-corrected chi connectivity index (χ0v) is 9.68. The maximum Gasteiger partial charge on any atom is 0.333 e. The average Bonchev–Trinajstić information content (AvgIpc) is 2.33. The van der Waals surface area contributed by atoms with Gasteiger partial charge in [-0.1, -0.05) is 6.07 Å². The fraction of sp³-hybridized carbons (Fsp3) is 0.455. The Morgan fingerprint density at radius 1 is 1.47 bits per heavy atom. The molecule has 0 saturated heterocycles. The van der Waals surface area contributed by atoms with Crippen molar-refractivity contribution in [2.45, 2.75) is 12.8 Å². The Balaban J connectivity index is 2.79. The fourth-order valence-corrected chi connectivity index (χ4v) is 1.48. The second-order valence-corrected chi connectivity index (χ2v) is 3.47. The third-order valence-electron chi connectivity index (χ3n) is 2.30. The SMILES string of the molecule is COc1cccc(NCCCCO)c1[N+](=O)[O-]. The van der Waals surface area contributed by atoms with Crippen LogP contribution in [0, 0.1) is 10.1 Å². The predicted octanol–water partition coefficient (Wildman–Crippen LogP) is 1.79. The number of methoxy groups -OCH3 is 1. The van der Waals surface area contributed by atoms with Crippen LogP contribution in [0.5, 0.6) is 5.75 Å². The lowest BCUT2D eigenvalue weighted by molar-refractivity contribution is -0.384. The molecule has 0 bridgehead atoms. The Labute approximate surface area is 99.4 Å². The predicted molar refractivity (Wildman–Crippen MR) is 64.5 cm³/mol. The number of hydrogen-bond acceptors (Lipinski definition) is 5. The first-order valence-corrected chi connectivity index (χ1v) is 5.36. The minimum Gasteiger partial charge on any atom is -0.490 e. The second kappa shape index (κ2) is 6.70. The molecule has 0 radical (unpaired) electrons. The van der Waals surface area contributed by atoms with Crippen LogP contribution in [0.4, 0.5) is 11.4 Å². The van der Waals surface area contributed by atoms with Gasteiger partial charge >= 0.3 is 5.69 Å². The van der Waals surface area contributed by atoms with Crippen molar-refractivity contribution in [3.05, 3.63) is 28.3 Å². The number of nitrogens with one attached hydrogen (secondary N) is 1. The fourth-order valence-electron chi connectivity index (χ4n) is 1.48. The Kier molecular flexibility index (Phi) is 5.22. The molecular weight excluding hydrogens is 224 g/mol. The van der Waals surface area contributed by atoms with Crippen molar-refractivity contribution < 1.29 is 14.8 Å². The highest BCUT2D eigenvalue weighted by Crippen LogP contribution is 2.34. The van der Waals surface area contributed by atoms with Crippen molar-refractivity contribution in [1.82, 2.24) is 0 Å². The molecule has 0 aliphatic heterocycles. The summed E-state index contributed by atoms with van der Waals surface area (Å²) in [5, 5.41) is 22.5. The van der Waals surface area contributed by atoms with E-state index in [-0.39, 0.29) is 18.0 Å². The van der Waals surface area contributed by atoms with Gasteiger partial charge in [0.2, 0.25) is 0 Å². The Morgan fingerprint density at radius 3 is 2.82 bits per heavy atom. The molecule has 0 aliphatic rings. The van der Waals surface area contributed by atoms with Crippen LogP contribution >= 0.6 is 0 Å². The van der Waals surface area contributed by atoms with Crippen molar-refractivity contribution in [3.63, 3.8) is 0 Å². The van der Waals surface area contributed by atoms with Crippen LogP contribution in [0.15, 0.2) is 18.2 Å². The Hall–Kier alpha value is -1.82. The molecule has 1 aromatic rings. The van der Waals surface area contributed by atoms with Gasteiger partial charge in [0.1, 0.15) is 5.69 Å². The van der Waals surface area contributed by atoms with Crippen LogP contribution in [0.1, 0.15) is 12.8 Å². The monoisotopic (exact) mass is 240 g/mol. The van der Waals surface area contributed by atoms with E-state index in [1.165, 1.54) is 7.11 Å². The van der Waals surface area contributed by atoms with E-state index in [1.54, 1.807) is 18.2 Å². The molecule has 0 aliphatic carbocycles. The van der Waals surface area contributed by atoms with Gasteiger partial charge in [-0.2, -0.15) is 0 Å². The number of hydrogen-bond donors (Lipinski definition) is 2. The van der Waals surface area contributed by atoms with Crippen LogP contribution < -0.4 is 10.1 Å². The van der Waals surface area contributed by atoms with E-state index < -0.39 is 4.92 Å². The maximum absolute atomic E-state index is 10.9. The van der Waals surface area contributed by atoms with E-state index in [9.17, 15) is 10.1 Å². The summed E-state index contributed by atoms with van der Waals surface area (Å²) < 4.78 is 4.95. The van der Waals surface area contributed by atoms with Crippen molar-refractivity contribution in [1.29, 1.82) is 0 Å². The Morgan fingerprint density at radius 2 is 2.24 bits per heavy atom. The van der Waals surface area contributed by atoms with Crippen LogP contribution in [0.25, 0.3) is 0 Å². The van der Waals surface area contributed by atoms with E-state index in [1.807, 2.05) is 0 Å². The number of unbranched alkanes of at least 4 members (excludes halogenated alkanes) is 1. The molecule has 0 spiro atoms. The molecule has 2 N–H and O–H groups in total. The van der Waals surface area contributed by atoms with E-state index in [2.05, 4.69) is 5.32 Å². The first kappa shape index (κ1) is 13.2. The molecule has 0 saturated carbocycles. The molecule has 6 nitrogen and oxygen atoms in total. The molecule has 0 fully saturated rings. The molecule has 17 heavy (non-hydrogen) atoms. The zero-order valence-electron chi connectivity index (χ0n) is 9.68. The van der Waals surface area contributed by atoms with E-state index >= 15 is 0 Å². The summed E-state index contributed by atoms with van der Waals surface area (Å²) in [6.45, 7) is 0.705. The summed E-state index contributed by atoms with van der Waals surface area (Å²) in [6.07, 6.45) is 1.43. The minimum atomic E-state index is -0.465. The maximum atomic E-state index is 10.9. The molecule has 6 heteroatoms. The molecule has 1 aromatic carbocycles. The largest absolute Gasteiger partial charge is 0.490 e. The smallest absolute Gasteiger partial charge is 0.333 e. The van der Waals surface area contributed by atoms with Gasteiger partial charge in [0, 0.05) is 13.2 Å². The molecular formula is C11H16N2O4. The lowest BCUT2D eigenvalue weighted by atomic mass is 10.2. The number of aliphatic hydroxyl groups excluding tert-OH is 1. The van der Waals surface area contributed by atoms with Gasteiger partial charge in [0.25, 0.3) is 0 Å². The van der Waals surface area contributed by atoms with Gasteiger partial charge in [-0.05, 0) is 25.0 Å². The lowest BCUT2D eigenvalue weighted by Crippen LogP contribution is -2.05. The van der Waals surface area contributed by atoms with Gasteiger partial charge in [0.05, 0.1) is 12.0 Å². The number of nitro groups is 1. The van der Waals surface area contributed by atoms with Crippen LogP contribution in [0.2, 0.25) is 0 Å². The number of aliphatic hydroxyl groups is 1. The number of benzene rings is 1. The summed E-state index contributed by atoms with van der Waals surface area (Å²) in [5.74, 6) is 0.238. The van der Waals surface area contributed by atoms with Crippen molar-refractivity contribution in [2.75, 3.05) is 25.6 Å². The summed E-state index contributed by atoms with van der Waals surface area (Å²) in [7, 11) is 1.40. The van der Waals surface area contributed by atoms with Gasteiger partial charge in [-0.25, -0.2) is 0 Å². The Bertz CT molecular complexity index is 382. The quantitative estimate of drug-likeness (QED) is 0.431. The highest BCUT2D eigenvalue weighted by Gasteiger charge is 2.19. The number of ether oxygens (including phenoxy) is 1. The molecule has 0 amide bonds. The first-order chi connectivity index (χ1) is 8.20. The molecule has 0 aromatic heterocycles. The standard InChI is InChI=1S/C11H16N2O4/c1-17-10-6-4-5-9(11(10)13(15)16)12-7-2-3-8-14/h4-6,12,14H,2-3,7-8H2,1H3. The van der Waals surface area contributed by atoms with Crippen molar-refractivity contribution in [2.24, 2.45) is 0 Å². The normalized spacial score (nSPS) is 10.0. The van der Waals surface area contributed by atoms with Gasteiger partial charge in [-0.3, -0.25) is 10.1 Å². The third-order valence-corrected chi connectivity index (χ3v) is 2.30. The topological polar surface area (TPSA) is 84.6 Å². The number of anilines is 1.